The van der Waals surface area contributed by atoms with Crippen molar-refractivity contribution in [3.05, 3.63) is 58.7 Å². The summed E-state index contributed by atoms with van der Waals surface area (Å²) in [6.45, 7) is 5.66. The number of esters is 2. The highest BCUT2D eigenvalue weighted by Crippen LogP contribution is 2.19. The zero-order chi connectivity index (χ0) is 30.1. The second-order valence-corrected chi connectivity index (χ2v) is 7.17. The Kier molecular flexibility index (Phi) is 17.1. The van der Waals surface area contributed by atoms with Crippen molar-refractivity contribution >= 4 is 34.3 Å². The van der Waals surface area contributed by atoms with Crippen LogP contribution < -0.4 is 0 Å². The number of carboxylic acids is 2. The van der Waals surface area contributed by atoms with Crippen LogP contribution in [0.5, 0.6) is 11.5 Å². The Bertz CT molecular complexity index is 1180. The molecule has 0 bridgehead atoms. The molecule has 0 saturated carbocycles. The molecular formula is C22H28O15S. The van der Waals surface area contributed by atoms with Gasteiger partial charge in [-0.1, -0.05) is 0 Å². The highest BCUT2D eigenvalue weighted by Gasteiger charge is 2.19. The Balaban J connectivity index is 0. The summed E-state index contributed by atoms with van der Waals surface area (Å²) in [7, 11) is -4.67. The van der Waals surface area contributed by atoms with E-state index in [0.29, 0.717) is 0 Å². The molecule has 0 aliphatic heterocycles. The normalized spacial score (nSPS) is 9.63. The van der Waals surface area contributed by atoms with Gasteiger partial charge < -0.3 is 35.0 Å². The van der Waals surface area contributed by atoms with Gasteiger partial charge in [-0.2, -0.15) is 8.42 Å². The average Bonchev–Trinajstić information content (AvgIpc) is 2.79. The van der Waals surface area contributed by atoms with E-state index in [1.807, 2.05) is 0 Å². The van der Waals surface area contributed by atoms with Crippen molar-refractivity contribution in [3.8, 4) is 11.5 Å². The van der Waals surface area contributed by atoms with Crippen LogP contribution in [0.15, 0.2) is 36.4 Å². The number of aromatic hydroxyl groups is 2. The van der Waals surface area contributed by atoms with E-state index in [-0.39, 0.29) is 48.0 Å². The molecule has 16 heteroatoms. The molecule has 2 rings (SSSR count). The van der Waals surface area contributed by atoms with Crippen LogP contribution >= 0.6 is 0 Å². The van der Waals surface area contributed by atoms with Crippen LogP contribution in [0.25, 0.3) is 0 Å². The van der Waals surface area contributed by atoms with Gasteiger partial charge in [-0.15, -0.1) is 0 Å². The first-order valence-corrected chi connectivity index (χ1v) is 11.7. The molecule has 0 radical (unpaired) electrons. The number of phenols is 2. The molecule has 7 N–H and O–H groups in total. The van der Waals surface area contributed by atoms with Crippen molar-refractivity contribution in [2.24, 2.45) is 0 Å². The van der Waals surface area contributed by atoms with Gasteiger partial charge in [-0.3, -0.25) is 9.11 Å². The highest BCUT2D eigenvalue weighted by atomic mass is 32.3. The number of benzene rings is 2. The summed E-state index contributed by atoms with van der Waals surface area (Å²) in [5, 5.41) is 42.9. The van der Waals surface area contributed by atoms with Crippen LogP contribution in [0.1, 0.15) is 62.2 Å². The fourth-order valence-corrected chi connectivity index (χ4v) is 2.19. The minimum Gasteiger partial charge on any atom is -0.508 e. The third-order valence-corrected chi connectivity index (χ3v) is 3.46. The van der Waals surface area contributed by atoms with Crippen LogP contribution in [0.4, 0.5) is 0 Å². The number of carbonyl (C=O) groups is 4. The first-order chi connectivity index (χ1) is 17.5. The smallest absolute Gasteiger partial charge is 0.394 e. The van der Waals surface area contributed by atoms with Crippen molar-refractivity contribution in [1.29, 1.82) is 0 Å². The van der Waals surface area contributed by atoms with Gasteiger partial charge in [0.1, 0.15) is 11.5 Å². The lowest BCUT2D eigenvalue weighted by Crippen LogP contribution is -2.13. The number of phenolic OH excluding ortho intramolecular Hbond substituents is 2. The van der Waals surface area contributed by atoms with E-state index in [2.05, 4.69) is 0 Å². The van der Waals surface area contributed by atoms with Crippen LogP contribution in [0.2, 0.25) is 0 Å². The van der Waals surface area contributed by atoms with Crippen LogP contribution in [0, 0.1) is 0 Å². The number of aliphatic hydroxyl groups excluding tert-OH is 1. The SMILES string of the molecule is CCO.CCOC(=O)c1ccc(O)cc1C(=O)OCC.O=C(O)c1ccc(O)cc1C(=O)O.O=S(=O)(O)O. The largest absolute Gasteiger partial charge is 0.508 e. The number of carbonyl (C=O) groups excluding carboxylic acids is 2. The van der Waals surface area contributed by atoms with Crippen LogP contribution in [-0.4, -0.2) is 86.8 Å². The average molecular weight is 565 g/mol. The number of carboxylic acid groups (broad SMARTS) is 2. The predicted octanol–water partition coefficient (Wildman–Crippen LogP) is 1.88. The van der Waals surface area contributed by atoms with Gasteiger partial charge in [0.15, 0.2) is 0 Å². The fourth-order valence-electron chi connectivity index (χ4n) is 2.19. The molecule has 0 aliphatic carbocycles. The molecule has 0 saturated heterocycles. The van der Waals surface area contributed by atoms with Crippen molar-refractivity contribution in [3.63, 3.8) is 0 Å². The second kappa shape index (κ2) is 18.1. The minimum atomic E-state index is -4.67. The van der Waals surface area contributed by atoms with Crippen molar-refractivity contribution in [1.82, 2.24) is 0 Å². The van der Waals surface area contributed by atoms with Gasteiger partial charge in [0.2, 0.25) is 0 Å². The van der Waals surface area contributed by atoms with Gasteiger partial charge in [0.25, 0.3) is 0 Å². The van der Waals surface area contributed by atoms with E-state index in [1.54, 1.807) is 20.8 Å². The van der Waals surface area contributed by atoms with E-state index in [9.17, 15) is 24.3 Å². The summed E-state index contributed by atoms with van der Waals surface area (Å²) in [5.41, 5.74) is -0.675. The molecule has 212 valence electrons. The zero-order valence-electron chi connectivity index (χ0n) is 20.4. The monoisotopic (exact) mass is 564 g/mol. The molecule has 2 aromatic carbocycles. The Morgan fingerprint density at radius 2 is 1.00 bits per heavy atom. The summed E-state index contributed by atoms with van der Waals surface area (Å²) in [6.07, 6.45) is 0. The number of hydrogen-bond donors (Lipinski definition) is 7. The van der Waals surface area contributed by atoms with Crippen LogP contribution in [-0.2, 0) is 19.9 Å². The molecule has 0 heterocycles. The fraction of sp³-hybridized carbons (Fsp3) is 0.273. The number of aromatic carboxylic acids is 2. The zero-order valence-corrected chi connectivity index (χ0v) is 21.2. The Morgan fingerprint density at radius 3 is 1.34 bits per heavy atom. The van der Waals surface area contributed by atoms with Gasteiger partial charge in [-0.05, 0) is 57.2 Å². The van der Waals surface area contributed by atoms with Crippen LogP contribution in [0.3, 0.4) is 0 Å². The standard InChI is InChI=1S/C12H14O5.C8H6O5.C2H6O.H2O4S/c1-3-16-11(14)9-6-5-8(13)7-10(9)12(15)17-4-2;9-4-1-2-5(7(10)11)6(3-4)8(12)13;1-2-3;1-5(2,3)4/h5-7,13H,3-4H2,1-2H3;1-3,9H,(H,10,11)(H,12,13);3H,2H2,1H3;(H2,1,2,3,4). The molecular weight excluding hydrogens is 536 g/mol. The summed E-state index contributed by atoms with van der Waals surface area (Å²) < 4.78 is 41.2. The first kappa shape index (κ1) is 35.9. The molecule has 38 heavy (non-hydrogen) atoms. The number of ether oxygens (including phenoxy) is 2. The molecule has 0 atom stereocenters. The highest BCUT2D eigenvalue weighted by molar-refractivity contribution is 7.79. The maximum Gasteiger partial charge on any atom is 0.394 e. The summed E-state index contributed by atoms with van der Waals surface area (Å²) in [6, 6.07) is 6.89. The Hall–Kier alpha value is -4.25. The topological polar surface area (TPSA) is 262 Å². The van der Waals surface area contributed by atoms with E-state index < -0.39 is 39.8 Å². The quantitative estimate of drug-likeness (QED) is 0.195. The lowest BCUT2D eigenvalue weighted by atomic mass is 10.1. The van der Waals surface area contributed by atoms with Gasteiger partial charge in [-0.25, -0.2) is 19.2 Å². The number of rotatable bonds is 6. The Morgan fingerprint density at radius 1 is 0.684 bits per heavy atom. The van der Waals surface area contributed by atoms with E-state index >= 15 is 0 Å². The lowest BCUT2D eigenvalue weighted by molar-refractivity contribution is 0.0478. The van der Waals surface area contributed by atoms with Crippen molar-refractivity contribution in [2.75, 3.05) is 19.8 Å². The summed E-state index contributed by atoms with van der Waals surface area (Å²) in [4.78, 5) is 44.2. The van der Waals surface area contributed by atoms with E-state index in [1.165, 1.54) is 18.2 Å². The van der Waals surface area contributed by atoms with E-state index in [0.717, 1.165) is 18.2 Å². The molecule has 0 aromatic heterocycles. The molecule has 15 nitrogen and oxygen atoms in total. The molecule has 0 unspecified atom stereocenters. The number of aliphatic hydroxyl groups is 1. The van der Waals surface area contributed by atoms with Gasteiger partial charge in [0, 0.05) is 6.61 Å². The second-order valence-electron chi connectivity index (χ2n) is 6.28. The van der Waals surface area contributed by atoms with Crippen molar-refractivity contribution < 1.29 is 71.7 Å². The minimum absolute atomic E-state index is 0.00491. The molecule has 2 aromatic rings. The third-order valence-electron chi connectivity index (χ3n) is 3.46. The molecule has 0 amide bonds. The first-order valence-electron chi connectivity index (χ1n) is 10.3. The molecule has 0 fully saturated rings. The lowest BCUT2D eigenvalue weighted by Gasteiger charge is -2.08. The van der Waals surface area contributed by atoms with E-state index in [4.69, 9.17) is 47.4 Å². The summed E-state index contributed by atoms with van der Waals surface area (Å²) >= 11 is 0. The Labute approximate surface area is 217 Å². The molecule has 0 spiro atoms. The van der Waals surface area contributed by atoms with Gasteiger partial charge in [0.05, 0.1) is 35.5 Å². The maximum atomic E-state index is 11.6. The third kappa shape index (κ3) is 15.7. The predicted molar refractivity (Wildman–Crippen MR) is 129 cm³/mol. The maximum absolute atomic E-state index is 11.6. The van der Waals surface area contributed by atoms with Crippen molar-refractivity contribution in [2.45, 2.75) is 20.8 Å². The summed E-state index contributed by atoms with van der Waals surface area (Å²) in [5.74, 6) is -4.38. The number of hydrogen-bond acceptors (Lipinski definition) is 11. The molecule has 0 aliphatic rings. The van der Waals surface area contributed by atoms with Gasteiger partial charge >= 0.3 is 34.3 Å².